The third-order valence-electron chi connectivity index (χ3n) is 2.34. The lowest BCUT2D eigenvalue weighted by Crippen LogP contribution is -2.17. The van der Waals surface area contributed by atoms with Crippen molar-refractivity contribution >= 4 is 17.2 Å². The number of amides is 1. The smallest absolute Gasteiger partial charge is 0.277 e. The quantitative estimate of drug-likeness (QED) is 0.806. The molecule has 5 heteroatoms. The van der Waals surface area contributed by atoms with Gasteiger partial charge in [0.05, 0.1) is 0 Å². The number of primary amides is 1. The lowest BCUT2D eigenvalue weighted by Gasteiger charge is -2.11. The summed E-state index contributed by atoms with van der Waals surface area (Å²) in [5.41, 5.74) is 5.13. The molecule has 1 aliphatic heterocycles. The molecule has 0 unspecified atom stereocenters. The average Bonchev–Trinajstić information content (AvgIpc) is 2.75. The predicted molar refractivity (Wildman–Crippen MR) is 55.1 cm³/mol. The van der Waals surface area contributed by atoms with Gasteiger partial charge in [0.1, 0.15) is 0 Å². The number of aromatic nitrogens is 1. The van der Waals surface area contributed by atoms with Crippen LogP contribution in [0.3, 0.4) is 0 Å². The molecule has 0 saturated carbocycles. The highest BCUT2D eigenvalue weighted by Gasteiger charge is 2.14. The van der Waals surface area contributed by atoms with E-state index in [-0.39, 0.29) is 0 Å². The maximum atomic E-state index is 10.8. The summed E-state index contributed by atoms with van der Waals surface area (Å²) in [6.07, 6.45) is 4.31. The Morgan fingerprint density at radius 2 is 2.29 bits per heavy atom. The van der Waals surface area contributed by atoms with Gasteiger partial charge in [-0.2, -0.15) is 0 Å². The fourth-order valence-corrected chi connectivity index (χ4v) is 2.46. The van der Waals surface area contributed by atoms with Crippen LogP contribution in [0.4, 0.5) is 0 Å². The van der Waals surface area contributed by atoms with E-state index in [0.717, 1.165) is 24.5 Å². The Bertz CT molecular complexity index is 331. The van der Waals surface area contributed by atoms with Gasteiger partial charge in [-0.15, -0.1) is 11.3 Å². The summed E-state index contributed by atoms with van der Waals surface area (Å²) in [4.78, 5) is 18.3. The topological polar surface area (TPSA) is 59.2 Å². The second-order valence-electron chi connectivity index (χ2n) is 3.48. The van der Waals surface area contributed by atoms with Gasteiger partial charge in [-0.25, -0.2) is 4.98 Å². The summed E-state index contributed by atoms with van der Waals surface area (Å²) in [6.45, 7) is 3.22. The summed E-state index contributed by atoms with van der Waals surface area (Å²) >= 11 is 1.40. The molecule has 0 radical (unpaired) electrons. The van der Waals surface area contributed by atoms with Crippen molar-refractivity contribution in [3.05, 3.63) is 16.1 Å². The van der Waals surface area contributed by atoms with Gasteiger partial charge in [-0.3, -0.25) is 9.69 Å². The molecule has 0 aromatic carbocycles. The van der Waals surface area contributed by atoms with E-state index in [1.54, 1.807) is 6.20 Å². The molecule has 0 atom stereocenters. The number of hydrogen-bond donors (Lipinski definition) is 1. The van der Waals surface area contributed by atoms with Crippen LogP contribution in [0.15, 0.2) is 6.20 Å². The van der Waals surface area contributed by atoms with Gasteiger partial charge in [-0.1, -0.05) is 0 Å². The van der Waals surface area contributed by atoms with Crippen molar-refractivity contribution in [3.8, 4) is 0 Å². The van der Waals surface area contributed by atoms with Gasteiger partial charge >= 0.3 is 0 Å². The van der Waals surface area contributed by atoms with Gasteiger partial charge in [-0.05, 0) is 25.9 Å². The van der Waals surface area contributed by atoms with Crippen LogP contribution in [0.2, 0.25) is 0 Å². The molecule has 1 aromatic heterocycles. The molecule has 0 bridgehead atoms. The largest absolute Gasteiger partial charge is 0.364 e. The molecule has 1 fully saturated rings. The van der Waals surface area contributed by atoms with E-state index in [4.69, 9.17) is 5.73 Å². The Balaban J connectivity index is 1.98. The molecule has 1 saturated heterocycles. The van der Waals surface area contributed by atoms with Crippen LogP contribution in [0.5, 0.6) is 0 Å². The lowest BCUT2D eigenvalue weighted by atomic mass is 10.4. The number of carbonyl (C=O) groups is 1. The Hall–Kier alpha value is -0.940. The zero-order valence-corrected chi connectivity index (χ0v) is 8.72. The Morgan fingerprint density at radius 1 is 1.57 bits per heavy atom. The summed E-state index contributed by atoms with van der Waals surface area (Å²) in [6, 6.07) is 0. The molecule has 0 aliphatic carbocycles. The monoisotopic (exact) mass is 211 g/mol. The van der Waals surface area contributed by atoms with Gasteiger partial charge in [0, 0.05) is 17.6 Å². The third-order valence-corrected chi connectivity index (χ3v) is 3.34. The molecule has 1 aromatic rings. The number of thiazole rings is 1. The minimum absolute atomic E-state index is 0.416. The fourth-order valence-electron chi connectivity index (χ4n) is 1.66. The predicted octanol–water partition coefficient (Wildman–Crippen LogP) is 0.838. The molecule has 2 N–H and O–H groups in total. The van der Waals surface area contributed by atoms with E-state index in [9.17, 15) is 4.79 Å². The second-order valence-corrected chi connectivity index (χ2v) is 4.59. The van der Waals surface area contributed by atoms with Crippen LogP contribution in [-0.2, 0) is 6.54 Å². The number of rotatable bonds is 3. The van der Waals surface area contributed by atoms with Crippen LogP contribution in [0.1, 0.15) is 27.5 Å². The number of nitrogens with zero attached hydrogens (tertiary/aromatic N) is 2. The molecule has 14 heavy (non-hydrogen) atoms. The molecular weight excluding hydrogens is 198 g/mol. The van der Waals surface area contributed by atoms with Crippen LogP contribution in [0.25, 0.3) is 0 Å². The molecule has 0 spiro atoms. The van der Waals surface area contributed by atoms with E-state index in [2.05, 4.69) is 9.88 Å². The van der Waals surface area contributed by atoms with E-state index >= 15 is 0 Å². The molecule has 2 heterocycles. The zero-order chi connectivity index (χ0) is 9.97. The lowest BCUT2D eigenvalue weighted by molar-refractivity contribution is 0.1000. The highest BCUT2D eigenvalue weighted by molar-refractivity contribution is 7.13. The standard InChI is InChI=1S/C9H13N3OS/c10-8(13)9-11-5-7(14-9)6-12-3-1-2-4-12/h5H,1-4,6H2,(H2,10,13). The van der Waals surface area contributed by atoms with Gasteiger partial charge in [0.25, 0.3) is 5.91 Å². The van der Waals surface area contributed by atoms with Crippen molar-refractivity contribution in [2.45, 2.75) is 19.4 Å². The first-order valence-electron chi connectivity index (χ1n) is 4.72. The highest BCUT2D eigenvalue weighted by atomic mass is 32.1. The fraction of sp³-hybridized carbons (Fsp3) is 0.556. The number of nitrogens with two attached hydrogens (primary N) is 1. The molecule has 76 valence electrons. The molecular formula is C9H13N3OS. The normalized spacial score (nSPS) is 17.4. The minimum atomic E-state index is -0.428. The van der Waals surface area contributed by atoms with E-state index in [1.807, 2.05) is 0 Å². The molecule has 1 amide bonds. The van der Waals surface area contributed by atoms with Gasteiger partial charge in [0.2, 0.25) is 0 Å². The summed E-state index contributed by atoms with van der Waals surface area (Å²) in [5, 5.41) is 0.416. The first-order chi connectivity index (χ1) is 6.75. The second kappa shape index (κ2) is 4.06. The highest BCUT2D eigenvalue weighted by Crippen LogP contribution is 2.17. The van der Waals surface area contributed by atoms with Crippen LogP contribution >= 0.6 is 11.3 Å². The molecule has 4 nitrogen and oxygen atoms in total. The van der Waals surface area contributed by atoms with Crippen molar-refractivity contribution in [2.75, 3.05) is 13.1 Å². The van der Waals surface area contributed by atoms with Gasteiger partial charge < -0.3 is 5.73 Å². The number of carbonyl (C=O) groups excluding carboxylic acids is 1. The number of hydrogen-bond acceptors (Lipinski definition) is 4. The van der Waals surface area contributed by atoms with Crippen LogP contribution in [0, 0.1) is 0 Å². The Kier molecular flexibility index (Phi) is 2.79. The minimum Gasteiger partial charge on any atom is -0.364 e. The van der Waals surface area contributed by atoms with Crippen LogP contribution < -0.4 is 5.73 Å². The van der Waals surface area contributed by atoms with E-state index < -0.39 is 5.91 Å². The summed E-state index contributed by atoms with van der Waals surface area (Å²) in [7, 11) is 0. The molecule has 2 rings (SSSR count). The van der Waals surface area contributed by atoms with Crippen molar-refractivity contribution in [1.82, 2.24) is 9.88 Å². The van der Waals surface area contributed by atoms with Crippen molar-refractivity contribution < 1.29 is 4.79 Å². The zero-order valence-electron chi connectivity index (χ0n) is 7.90. The maximum Gasteiger partial charge on any atom is 0.277 e. The van der Waals surface area contributed by atoms with Crippen LogP contribution in [-0.4, -0.2) is 28.9 Å². The number of likely N-dealkylation sites (tertiary alicyclic amines) is 1. The Labute approximate surface area is 86.7 Å². The Morgan fingerprint density at radius 3 is 2.86 bits per heavy atom. The summed E-state index contributed by atoms with van der Waals surface area (Å²) in [5.74, 6) is -0.428. The first-order valence-corrected chi connectivity index (χ1v) is 5.54. The molecule has 1 aliphatic rings. The van der Waals surface area contributed by atoms with Crippen molar-refractivity contribution in [2.24, 2.45) is 5.73 Å². The summed E-state index contributed by atoms with van der Waals surface area (Å²) < 4.78 is 0. The SMILES string of the molecule is NC(=O)c1ncc(CN2CCCC2)s1. The first kappa shape index (κ1) is 9.61. The average molecular weight is 211 g/mol. The van der Waals surface area contributed by atoms with Crippen molar-refractivity contribution in [1.29, 1.82) is 0 Å². The van der Waals surface area contributed by atoms with Crippen molar-refractivity contribution in [3.63, 3.8) is 0 Å². The van der Waals surface area contributed by atoms with Gasteiger partial charge in [0.15, 0.2) is 5.01 Å². The third kappa shape index (κ3) is 2.10. The van der Waals surface area contributed by atoms with E-state index in [1.165, 1.54) is 24.2 Å². The maximum absolute atomic E-state index is 10.8. The van der Waals surface area contributed by atoms with E-state index in [0.29, 0.717) is 5.01 Å².